The first-order valence-corrected chi connectivity index (χ1v) is 15.3. The lowest BCUT2D eigenvalue weighted by Gasteiger charge is -2.38. The van der Waals surface area contributed by atoms with E-state index in [2.05, 4.69) is 15.6 Å². The number of halogens is 3. The van der Waals surface area contributed by atoms with Gasteiger partial charge in [0.15, 0.2) is 0 Å². The van der Waals surface area contributed by atoms with E-state index in [1.807, 2.05) is 4.90 Å². The summed E-state index contributed by atoms with van der Waals surface area (Å²) in [5.74, 6) is 1.06. The van der Waals surface area contributed by atoms with Gasteiger partial charge in [-0.2, -0.15) is 0 Å². The lowest BCUT2D eigenvalue weighted by molar-refractivity contribution is -0.274. The Bertz CT molecular complexity index is 1400. The molecule has 1 fully saturated rings. The summed E-state index contributed by atoms with van der Waals surface area (Å²) in [5.41, 5.74) is 1.61. The molecule has 222 valence electrons. The second-order valence-electron chi connectivity index (χ2n) is 10.3. The second-order valence-corrected chi connectivity index (χ2v) is 11.8. The molecule has 1 aliphatic heterocycles. The summed E-state index contributed by atoms with van der Waals surface area (Å²) in [6.07, 6.45) is 0.818. The van der Waals surface area contributed by atoms with E-state index in [0.29, 0.717) is 48.1 Å². The normalized spacial score (nSPS) is 18.5. The van der Waals surface area contributed by atoms with Crippen molar-refractivity contribution >= 4 is 13.6 Å². The van der Waals surface area contributed by atoms with Crippen molar-refractivity contribution < 1.29 is 36.6 Å². The van der Waals surface area contributed by atoms with Crippen LogP contribution < -0.4 is 13.8 Å². The number of benzene rings is 3. The van der Waals surface area contributed by atoms with Crippen LogP contribution >= 0.6 is 7.75 Å². The lowest BCUT2D eigenvalue weighted by atomic mass is 9.94. The highest BCUT2D eigenvalue weighted by Crippen LogP contribution is 2.51. The van der Waals surface area contributed by atoms with Crippen LogP contribution in [0, 0.1) is 5.92 Å². The summed E-state index contributed by atoms with van der Waals surface area (Å²) in [6.45, 7) is 0.232. The van der Waals surface area contributed by atoms with Gasteiger partial charge in [0.1, 0.15) is 23.1 Å². The first-order chi connectivity index (χ1) is 20.2. The zero-order chi connectivity index (χ0) is 29.6. The molecule has 1 saturated carbocycles. The standard InChI is InChI=1S/C31H32F3N2O5P/c32-31(33,34)39-28-15-7-9-24(19-28)22-36-29(25-16-17-25)20-23(10-8-18-37)21-30(36)35-42(38,40-26-11-3-1-4-12-26)41-27-13-5-2-6-14-27/h1-7,9,11-15,19-20,25,29,37H,8,10,16-18,21-22H2/b35-30-. The molecule has 0 saturated heterocycles. The molecule has 1 aliphatic carbocycles. The van der Waals surface area contributed by atoms with Crippen molar-refractivity contribution in [2.24, 2.45) is 10.7 Å². The van der Waals surface area contributed by atoms with Crippen molar-refractivity contribution in [3.8, 4) is 17.2 Å². The van der Waals surface area contributed by atoms with Crippen LogP contribution in [0.4, 0.5) is 13.2 Å². The predicted octanol–water partition coefficient (Wildman–Crippen LogP) is 7.93. The number of aliphatic hydroxyl groups is 1. The molecular weight excluding hydrogens is 568 g/mol. The van der Waals surface area contributed by atoms with E-state index >= 15 is 0 Å². The third-order valence-electron chi connectivity index (χ3n) is 6.89. The summed E-state index contributed by atoms with van der Waals surface area (Å²) >= 11 is 0. The molecule has 0 radical (unpaired) electrons. The molecule has 0 bridgehead atoms. The molecule has 11 heteroatoms. The van der Waals surface area contributed by atoms with Crippen LogP contribution in [0.15, 0.2) is 101 Å². The molecule has 1 heterocycles. The highest BCUT2D eigenvalue weighted by Gasteiger charge is 2.40. The first kappa shape index (κ1) is 29.7. The number of hydrogen-bond acceptors (Lipinski definition) is 5. The topological polar surface area (TPSA) is 80.6 Å². The van der Waals surface area contributed by atoms with Gasteiger partial charge in [-0.3, -0.25) is 0 Å². The Labute approximate surface area is 242 Å². The Morgan fingerprint density at radius 1 is 0.905 bits per heavy atom. The van der Waals surface area contributed by atoms with Gasteiger partial charge >= 0.3 is 14.1 Å². The predicted molar refractivity (Wildman–Crippen MR) is 153 cm³/mol. The Morgan fingerprint density at radius 3 is 2.10 bits per heavy atom. The highest BCUT2D eigenvalue weighted by molar-refractivity contribution is 7.53. The Hall–Kier alpha value is -3.75. The summed E-state index contributed by atoms with van der Waals surface area (Å²) in [5, 5.41) is 9.47. The van der Waals surface area contributed by atoms with Gasteiger partial charge in [-0.05, 0) is 73.6 Å². The van der Waals surface area contributed by atoms with Crippen LogP contribution in [0.25, 0.3) is 0 Å². The summed E-state index contributed by atoms with van der Waals surface area (Å²) < 4.78 is 73.8. The molecule has 1 unspecified atom stereocenters. The van der Waals surface area contributed by atoms with Crippen LogP contribution in [-0.4, -0.2) is 34.9 Å². The zero-order valence-corrected chi connectivity index (χ0v) is 23.7. The SMILES string of the molecule is O=P(/N=C1/CC(CCCO)=CC(C2CC2)N1Cc1cccc(OC(F)(F)F)c1)(Oc1ccccc1)Oc1ccccc1. The molecule has 0 spiro atoms. The molecule has 2 aliphatic rings. The molecule has 0 amide bonds. The monoisotopic (exact) mass is 600 g/mol. The number of rotatable bonds is 12. The number of nitrogens with zero attached hydrogens (tertiary/aromatic N) is 2. The van der Waals surface area contributed by atoms with E-state index in [-0.39, 0.29) is 24.9 Å². The number of hydrogen-bond donors (Lipinski definition) is 1. The molecule has 42 heavy (non-hydrogen) atoms. The van der Waals surface area contributed by atoms with Crippen molar-refractivity contribution in [3.63, 3.8) is 0 Å². The molecule has 1 N–H and O–H groups in total. The largest absolute Gasteiger partial charge is 0.573 e. The Balaban J connectivity index is 1.54. The third-order valence-corrected chi connectivity index (χ3v) is 8.25. The fraction of sp³-hybridized carbons (Fsp3) is 0.323. The maximum Gasteiger partial charge on any atom is 0.573 e. The van der Waals surface area contributed by atoms with E-state index in [4.69, 9.17) is 9.05 Å². The molecule has 3 aromatic rings. The number of para-hydroxylation sites is 2. The van der Waals surface area contributed by atoms with E-state index in [1.54, 1.807) is 66.7 Å². The Kier molecular flexibility index (Phi) is 9.24. The highest BCUT2D eigenvalue weighted by atomic mass is 31.2. The van der Waals surface area contributed by atoms with E-state index in [9.17, 15) is 22.8 Å². The maximum atomic E-state index is 14.4. The summed E-state index contributed by atoms with van der Waals surface area (Å²) in [6, 6.07) is 22.9. The average Bonchev–Trinajstić information content (AvgIpc) is 3.79. The molecule has 0 aromatic heterocycles. The molecular formula is C31H32F3N2O5P. The second kappa shape index (κ2) is 13.0. The average molecular weight is 601 g/mol. The minimum absolute atomic E-state index is 0.0281. The molecule has 1 atom stereocenters. The number of aliphatic hydroxyl groups excluding tert-OH is 1. The first-order valence-electron chi connectivity index (χ1n) is 13.8. The third kappa shape index (κ3) is 8.39. The zero-order valence-electron chi connectivity index (χ0n) is 22.8. The summed E-state index contributed by atoms with van der Waals surface area (Å²) in [4.78, 5) is 1.97. The summed E-state index contributed by atoms with van der Waals surface area (Å²) in [7, 11) is -4.20. The lowest BCUT2D eigenvalue weighted by Crippen LogP contribution is -2.43. The van der Waals surface area contributed by atoms with E-state index in [1.165, 1.54) is 18.2 Å². The van der Waals surface area contributed by atoms with Crippen molar-refractivity contribution in [2.45, 2.75) is 51.1 Å². The van der Waals surface area contributed by atoms with Crippen molar-refractivity contribution in [3.05, 3.63) is 102 Å². The molecule has 7 nitrogen and oxygen atoms in total. The smallest absolute Gasteiger partial charge is 0.406 e. The molecule has 3 aromatic carbocycles. The van der Waals surface area contributed by atoms with Crippen molar-refractivity contribution in [1.29, 1.82) is 0 Å². The Morgan fingerprint density at radius 2 is 1.52 bits per heavy atom. The number of alkyl halides is 3. The minimum atomic E-state index is -4.81. The van der Waals surface area contributed by atoms with E-state index < -0.39 is 14.1 Å². The van der Waals surface area contributed by atoms with Crippen LogP contribution in [0.3, 0.4) is 0 Å². The molecule has 5 rings (SSSR count). The van der Waals surface area contributed by atoms with Gasteiger partial charge < -0.3 is 23.8 Å². The fourth-order valence-corrected chi connectivity index (χ4v) is 6.29. The minimum Gasteiger partial charge on any atom is -0.406 e. The fourth-order valence-electron chi connectivity index (χ4n) is 4.93. The van der Waals surface area contributed by atoms with Gasteiger partial charge in [0.25, 0.3) is 0 Å². The van der Waals surface area contributed by atoms with Gasteiger partial charge in [0.2, 0.25) is 0 Å². The van der Waals surface area contributed by atoms with Gasteiger partial charge in [-0.1, -0.05) is 60.2 Å². The quantitative estimate of drug-likeness (QED) is 0.168. The number of amidine groups is 1. The number of ether oxygens (including phenoxy) is 1. The van der Waals surface area contributed by atoms with Crippen molar-refractivity contribution in [1.82, 2.24) is 4.90 Å². The van der Waals surface area contributed by atoms with Gasteiger partial charge in [-0.25, -0.2) is 4.57 Å². The van der Waals surface area contributed by atoms with Gasteiger partial charge in [0, 0.05) is 19.6 Å². The van der Waals surface area contributed by atoms with Crippen LogP contribution in [-0.2, 0) is 11.1 Å². The van der Waals surface area contributed by atoms with Crippen LogP contribution in [0.2, 0.25) is 0 Å². The maximum absolute atomic E-state index is 14.4. The van der Waals surface area contributed by atoms with Crippen LogP contribution in [0.5, 0.6) is 17.2 Å². The van der Waals surface area contributed by atoms with Gasteiger partial charge in [-0.15, -0.1) is 17.9 Å². The van der Waals surface area contributed by atoms with Crippen molar-refractivity contribution in [2.75, 3.05) is 6.61 Å². The van der Waals surface area contributed by atoms with Crippen LogP contribution in [0.1, 0.15) is 37.7 Å². The van der Waals surface area contributed by atoms with Gasteiger partial charge in [0.05, 0.1) is 6.04 Å². The van der Waals surface area contributed by atoms with E-state index in [0.717, 1.165) is 18.4 Å².